The molecule has 0 saturated heterocycles. The van der Waals surface area contributed by atoms with E-state index < -0.39 is 10.1 Å². The van der Waals surface area contributed by atoms with Crippen LogP contribution < -0.4 is 16.8 Å². The van der Waals surface area contributed by atoms with Crippen molar-refractivity contribution in [2.45, 2.75) is 82.4 Å². The number of hydrogen-bond acceptors (Lipinski definition) is 5. The lowest BCUT2D eigenvalue weighted by atomic mass is 10.0. The second-order valence-corrected chi connectivity index (χ2v) is 8.73. The molecule has 0 atom stereocenters. The lowest BCUT2D eigenvalue weighted by Crippen LogP contribution is -2.27. The lowest BCUT2D eigenvalue weighted by Gasteiger charge is -2.07. The summed E-state index contributed by atoms with van der Waals surface area (Å²) in [6, 6.07) is 6.73. The van der Waals surface area contributed by atoms with Crippen molar-refractivity contribution in [1.29, 1.82) is 0 Å². The number of aryl methyl sites for hydroxylation is 1. The quantitative estimate of drug-likeness (QED) is 0.234. The van der Waals surface area contributed by atoms with Crippen molar-refractivity contribution in [2.24, 2.45) is 11.5 Å². The van der Waals surface area contributed by atoms with E-state index in [-0.39, 0.29) is 4.90 Å². The molecule has 1 aromatic rings. The molecule has 0 amide bonds. The van der Waals surface area contributed by atoms with Crippen LogP contribution in [0.3, 0.4) is 0 Å². The molecule has 0 fully saturated rings. The maximum absolute atomic E-state index is 11.3. The van der Waals surface area contributed by atoms with Crippen molar-refractivity contribution in [3.63, 3.8) is 0 Å². The van der Waals surface area contributed by atoms with Crippen LogP contribution in [-0.4, -0.2) is 39.1 Å². The molecule has 0 bridgehead atoms. The van der Waals surface area contributed by atoms with Gasteiger partial charge in [0.15, 0.2) is 0 Å². The van der Waals surface area contributed by atoms with Gasteiger partial charge in [0.05, 0.1) is 4.90 Å². The van der Waals surface area contributed by atoms with Crippen LogP contribution in [0.25, 0.3) is 0 Å². The minimum Gasteiger partial charge on any atom is -0.329 e. The van der Waals surface area contributed by atoms with Crippen LogP contribution >= 0.6 is 0 Å². The summed E-state index contributed by atoms with van der Waals surface area (Å²) in [7, 11) is -4.10. The number of benzene rings is 1. The van der Waals surface area contributed by atoms with Gasteiger partial charge < -0.3 is 16.8 Å². The predicted molar refractivity (Wildman–Crippen MR) is 123 cm³/mol. The summed E-state index contributed by atoms with van der Waals surface area (Å²) in [5.41, 5.74) is 11.1. The Morgan fingerprint density at radius 1 is 0.828 bits per heavy atom. The van der Waals surface area contributed by atoms with Crippen LogP contribution in [0.1, 0.15) is 76.7 Å². The van der Waals surface area contributed by atoms with E-state index in [4.69, 9.17) is 11.5 Å². The molecule has 1 aromatic carbocycles. The zero-order valence-corrected chi connectivity index (χ0v) is 19.1. The number of rotatable bonds is 16. The molecule has 0 saturated carbocycles. The van der Waals surface area contributed by atoms with Gasteiger partial charge in [0.2, 0.25) is 0 Å². The van der Waals surface area contributed by atoms with E-state index >= 15 is 0 Å². The van der Waals surface area contributed by atoms with Gasteiger partial charge in [-0.2, -0.15) is 8.42 Å². The fraction of sp³-hybridized carbons (Fsp3) is 0.727. The van der Waals surface area contributed by atoms with Crippen molar-refractivity contribution in [1.82, 2.24) is 5.32 Å². The molecule has 170 valence electrons. The Hall–Kier alpha value is -0.990. The average molecular weight is 430 g/mol. The first-order chi connectivity index (χ1) is 14.0. The molecule has 0 heterocycles. The molecule has 0 unspecified atom stereocenters. The van der Waals surface area contributed by atoms with Gasteiger partial charge in [-0.25, -0.2) is 0 Å². The molecule has 0 aliphatic heterocycles. The highest BCUT2D eigenvalue weighted by Crippen LogP contribution is 2.18. The Labute approximate surface area is 178 Å². The summed E-state index contributed by atoms with van der Waals surface area (Å²) in [4.78, 5) is 0.0610. The Kier molecular flexibility index (Phi) is 18.4. The highest BCUT2D eigenvalue weighted by molar-refractivity contribution is 7.85. The van der Waals surface area contributed by atoms with Crippen LogP contribution in [0.5, 0.6) is 0 Å². The van der Waals surface area contributed by atoms with E-state index in [0.29, 0.717) is 19.5 Å². The first-order valence-corrected chi connectivity index (χ1v) is 12.6. The summed E-state index contributed by atoms with van der Waals surface area (Å²) >= 11 is 0. The second-order valence-electron chi connectivity index (χ2n) is 7.34. The normalized spacial score (nSPS) is 11.2. The SMILES string of the molecule is CCCCCCCCCCCCc1ccccc1S(=O)(=O)O.NCCNCCN. The van der Waals surface area contributed by atoms with Gasteiger partial charge in [-0.3, -0.25) is 4.55 Å². The highest BCUT2D eigenvalue weighted by atomic mass is 32.2. The fourth-order valence-electron chi connectivity index (χ4n) is 3.09. The first kappa shape index (κ1) is 28.0. The van der Waals surface area contributed by atoms with Crippen molar-refractivity contribution < 1.29 is 13.0 Å². The molecule has 1 rings (SSSR count). The predicted octanol–water partition coefficient (Wildman–Crippen LogP) is 3.89. The molecule has 0 spiro atoms. The van der Waals surface area contributed by atoms with Gasteiger partial charge >= 0.3 is 0 Å². The molecule has 7 heteroatoms. The Morgan fingerprint density at radius 3 is 1.79 bits per heavy atom. The molecule has 6 nitrogen and oxygen atoms in total. The number of nitrogens with one attached hydrogen (secondary N) is 1. The van der Waals surface area contributed by atoms with Crippen molar-refractivity contribution in [2.75, 3.05) is 26.2 Å². The van der Waals surface area contributed by atoms with Gasteiger partial charge in [-0.05, 0) is 24.5 Å². The van der Waals surface area contributed by atoms with Gasteiger partial charge in [-0.1, -0.05) is 82.9 Å². The van der Waals surface area contributed by atoms with E-state index in [1.54, 1.807) is 12.1 Å². The van der Waals surface area contributed by atoms with Crippen LogP contribution in [0.4, 0.5) is 0 Å². The number of hydrogen-bond donors (Lipinski definition) is 4. The largest absolute Gasteiger partial charge is 0.329 e. The Morgan fingerprint density at radius 2 is 1.31 bits per heavy atom. The average Bonchev–Trinajstić information content (AvgIpc) is 2.70. The monoisotopic (exact) mass is 429 g/mol. The molecular formula is C22H43N3O3S. The second kappa shape index (κ2) is 19.0. The summed E-state index contributed by atoms with van der Waals surface area (Å²) in [6.45, 7) is 5.37. The summed E-state index contributed by atoms with van der Waals surface area (Å²) in [5.74, 6) is 0. The van der Waals surface area contributed by atoms with E-state index in [9.17, 15) is 13.0 Å². The first-order valence-electron chi connectivity index (χ1n) is 11.1. The van der Waals surface area contributed by atoms with Crippen LogP contribution in [0, 0.1) is 0 Å². The summed E-state index contributed by atoms with van der Waals surface area (Å²) in [5, 5.41) is 3.03. The minimum atomic E-state index is -4.10. The standard InChI is InChI=1S/C18H30O3S.C4H13N3/c1-2-3-4-5-6-7-8-9-10-11-14-17-15-12-13-16-18(17)22(19,20)21;5-1-3-7-4-2-6/h12-13,15-16H,2-11,14H2,1H3,(H,19,20,21);7H,1-6H2. The molecule has 0 aliphatic rings. The van der Waals surface area contributed by atoms with E-state index in [1.165, 1.54) is 57.4 Å². The number of unbranched alkanes of at least 4 members (excludes halogenated alkanes) is 9. The number of nitrogens with two attached hydrogens (primary N) is 2. The zero-order chi connectivity index (χ0) is 21.8. The van der Waals surface area contributed by atoms with Gasteiger partial charge in [-0.15, -0.1) is 0 Å². The maximum Gasteiger partial charge on any atom is 0.294 e. The molecular weight excluding hydrogens is 386 g/mol. The topological polar surface area (TPSA) is 118 Å². The Balaban J connectivity index is 0.000000956. The van der Waals surface area contributed by atoms with E-state index in [0.717, 1.165) is 31.5 Å². The third-order valence-corrected chi connectivity index (χ3v) is 5.65. The molecule has 6 N–H and O–H groups in total. The van der Waals surface area contributed by atoms with E-state index in [1.807, 2.05) is 6.07 Å². The van der Waals surface area contributed by atoms with Crippen LogP contribution in [0.2, 0.25) is 0 Å². The minimum absolute atomic E-state index is 0.0610. The summed E-state index contributed by atoms with van der Waals surface area (Å²) in [6.07, 6.45) is 13.3. The highest BCUT2D eigenvalue weighted by Gasteiger charge is 2.13. The van der Waals surface area contributed by atoms with Crippen molar-refractivity contribution in [3.05, 3.63) is 29.8 Å². The Bertz CT molecular complexity index is 591. The van der Waals surface area contributed by atoms with Gasteiger partial charge in [0.25, 0.3) is 10.1 Å². The molecule has 0 radical (unpaired) electrons. The van der Waals surface area contributed by atoms with Crippen LogP contribution in [0.15, 0.2) is 29.2 Å². The van der Waals surface area contributed by atoms with Crippen molar-refractivity contribution >= 4 is 10.1 Å². The van der Waals surface area contributed by atoms with Gasteiger partial charge in [0, 0.05) is 26.2 Å². The molecule has 0 aromatic heterocycles. The zero-order valence-electron chi connectivity index (χ0n) is 18.2. The van der Waals surface area contributed by atoms with E-state index in [2.05, 4.69) is 12.2 Å². The molecule has 0 aliphatic carbocycles. The smallest absolute Gasteiger partial charge is 0.294 e. The fourth-order valence-corrected chi connectivity index (χ4v) is 3.85. The molecule has 29 heavy (non-hydrogen) atoms. The maximum atomic E-state index is 11.3. The lowest BCUT2D eigenvalue weighted by molar-refractivity contribution is 0.481. The third-order valence-electron chi connectivity index (χ3n) is 4.69. The van der Waals surface area contributed by atoms with Crippen LogP contribution in [-0.2, 0) is 16.5 Å². The third kappa shape index (κ3) is 16.5. The summed E-state index contributed by atoms with van der Waals surface area (Å²) < 4.78 is 31.8. The van der Waals surface area contributed by atoms with Crippen molar-refractivity contribution in [3.8, 4) is 0 Å². The van der Waals surface area contributed by atoms with Gasteiger partial charge in [0.1, 0.15) is 0 Å².